The van der Waals surface area contributed by atoms with E-state index in [1.807, 2.05) is 0 Å². The lowest BCUT2D eigenvalue weighted by Gasteiger charge is -2.33. The maximum absolute atomic E-state index is 13.0. The molecule has 2 unspecified atom stereocenters. The maximum atomic E-state index is 13.0. The van der Waals surface area contributed by atoms with Gasteiger partial charge in [-0.25, -0.2) is 0 Å². The Morgan fingerprint density at radius 1 is 1.39 bits per heavy atom. The van der Waals surface area contributed by atoms with Gasteiger partial charge in [0.1, 0.15) is 0 Å². The van der Waals surface area contributed by atoms with Crippen molar-refractivity contribution in [3.63, 3.8) is 0 Å². The second kappa shape index (κ2) is 5.06. The number of thiophene rings is 1. The molecule has 1 aromatic heterocycles. The van der Waals surface area contributed by atoms with Crippen molar-refractivity contribution in [1.29, 1.82) is 0 Å². The van der Waals surface area contributed by atoms with Crippen molar-refractivity contribution in [3.8, 4) is 0 Å². The molecule has 2 atom stereocenters. The number of halogens is 3. The Hall–Kier alpha value is -0.200. The lowest BCUT2D eigenvalue weighted by Crippen LogP contribution is -2.36. The number of hydrogen-bond donors (Lipinski definition) is 1. The van der Waals surface area contributed by atoms with Crippen molar-refractivity contribution < 1.29 is 13.2 Å². The van der Waals surface area contributed by atoms with Gasteiger partial charge < -0.3 is 5.32 Å². The van der Waals surface area contributed by atoms with E-state index in [0.717, 1.165) is 29.9 Å². The fourth-order valence-electron chi connectivity index (χ4n) is 2.58. The number of thioether (sulfide) groups is 1. The van der Waals surface area contributed by atoms with Crippen LogP contribution in [0.2, 0.25) is 0 Å². The lowest BCUT2D eigenvalue weighted by atomic mass is 9.90. The van der Waals surface area contributed by atoms with E-state index in [-0.39, 0.29) is 10.8 Å². The molecule has 0 amide bonds. The lowest BCUT2D eigenvalue weighted by molar-refractivity contribution is -0.138. The third-order valence-corrected chi connectivity index (χ3v) is 5.81. The molecule has 0 spiro atoms. The summed E-state index contributed by atoms with van der Waals surface area (Å²) in [6.45, 7) is 2.06. The average Bonchev–Trinajstić information content (AvgIpc) is 2.88. The van der Waals surface area contributed by atoms with E-state index in [0.29, 0.717) is 5.56 Å². The minimum absolute atomic E-state index is 0.143. The van der Waals surface area contributed by atoms with Gasteiger partial charge in [-0.2, -0.15) is 36.3 Å². The van der Waals surface area contributed by atoms with Crippen LogP contribution >= 0.6 is 23.1 Å². The van der Waals surface area contributed by atoms with E-state index in [2.05, 4.69) is 12.2 Å². The monoisotopic (exact) mass is 295 g/mol. The van der Waals surface area contributed by atoms with Crippen LogP contribution in [-0.4, -0.2) is 17.5 Å². The van der Waals surface area contributed by atoms with E-state index < -0.39 is 11.7 Å². The molecule has 1 N–H and O–H groups in total. The highest BCUT2D eigenvalue weighted by Gasteiger charge is 2.43. The Labute approximate surface area is 113 Å². The van der Waals surface area contributed by atoms with Gasteiger partial charge in [0.2, 0.25) is 0 Å². The number of hydrogen-bond acceptors (Lipinski definition) is 3. The molecule has 0 aromatic carbocycles. The van der Waals surface area contributed by atoms with Crippen molar-refractivity contribution in [2.45, 2.75) is 36.7 Å². The molecular weight excluding hydrogens is 279 g/mol. The molecule has 0 radical (unpaired) electrons. The van der Waals surface area contributed by atoms with E-state index in [9.17, 15) is 13.2 Å². The standard InChI is InChI=1S/C12H16F3NS2/c1-11(4-3-5-18-11)10(16-2)8-6-17-7-9(8)12(13,14)15/h6-7,10,16H,3-5H2,1-2H3. The van der Waals surface area contributed by atoms with Gasteiger partial charge in [-0.05, 0) is 43.5 Å². The quantitative estimate of drug-likeness (QED) is 0.891. The zero-order valence-electron chi connectivity index (χ0n) is 10.3. The molecule has 1 saturated heterocycles. The zero-order chi connectivity index (χ0) is 13.4. The fraction of sp³-hybridized carbons (Fsp3) is 0.667. The molecule has 6 heteroatoms. The summed E-state index contributed by atoms with van der Waals surface area (Å²) >= 11 is 2.89. The van der Waals surface area contributed by atoms with Crippen LogP contribution in [0.5, 0.6) is 0 Å². The highest BCUT2D eigenvalue weighted by molar-refractivity contribution is 8.00. The van der Waals surface area contributed by atoms with Crippen LogP contribution in [-0.2, 0) is 6.18 Å². The summed E-state index contributed by atoms with van der Waals surface area (Å²) in [7, 11) is 1.74. The van der Waals surface area contributed by atoms with Gasteiger partial charge in [0.15, 0.2) is 0 Å². The maximum Gasteiger partial charge on any atom is 0.417 e. The molecule has 0 bridgehead atoms. The highest BCUT2D eigenvalue weighted by atomic mass is 32.2. The first-order valence-corrected chi connectivity index (χ1v) is 7.76. The topological polar surface area (TPSA) is 12.0 Å². The van der Waals surface area contributed by atoms with Gasteiger partial charge >= 0.3 is 6.18 Å². The predicted molar refractivity (Wildman–Crippen MR) is 71.2 cm³/mol. The normalized spacial score (nSPS) is 26.5. The summed E-state index contributed by atoms with van der Waals surface area (Å²) in [5.41, 5.74) is -0.0903. The fourth-order valence-corrected chi connectivity index (χ4v) is 4.92. The Morgan fingerprint density at radius 3 is 2.61 bits per heavy atom. The molecule has 1 nitrogen and oxygen atoms in total. The summed E-state index contributed by atoms with van der Waals surface area (Å²) in [6.07, 6.45) is -2.23. The first-order chi connectivity index (χ1) is 8.38. The van der Waals surface area contributed by atoms with E-state index in [1.165, 1.54) is 5.38 Å². The summed E-state index contributed by atoms with van der Waals surface area (Å²) in [4.78, 5) is 0. The molecule has 1 aliphatic rings. The Morgan fingerprint density at radius 2 is 2.11 bits per heavy atom. The van der Waals surface area contributed by atoms with Crippen molar-refractivity contribution in [2.24, 2.45) is 0 Å². The third-order valence-electron chi connectivity index (χ3n) is 3.46. The van der Waals surface area contributed by atoms with Crippen molar-refractivity contribution >= 4 is 23.1 Å². The Bertz CT molecular complexity index is 408. The molecule has 1 fully saturated rings. The van der Waals surface area contributed by atoms with Gasteiger partial charge in [-0.1, -0.05) is 0 Å². The largest absolute Gasteiger partial charge is 0.417 e. The van der Waals surface area contributed by atoms with Crippen LogP contribution < -0.4 is 5.32 Å². The molecule has 1 aromatic rings. The molecule has 2 rings (SSSR count). The van der Waals surface area contributed by atoms with E-state index in [1.54, 1.807) is 24.2 Å². The van der Waals surface area contributed by atoms with Crippen LogP contribution in [0, 0.1) is 0 Å². The summed E-state index contributed by atoms with van der Waals surface area (Å²) in [5.74, 6) is 1.03. The van der Waals surface area contributed by atoms with Gasteiger partial charge in [-0.3, -0.25) is 0 Å². The third kappa shape index (κ3) is 2.56. The molecule has 102 valence electrons. The smallest absolute Gasteiger partial charge is 0.312 e. The van der Waals surface area contributed by atoms with Gasteiger partial charge in [0.05, 0.1) is 5.56 Å². The highest BCUT2D eigenvalue weighted by Crippen LogP contribution is 2.49. The first kappa shape index (κ1) is 14.2. The van der Waals surface area contributed by atoms with Crippen LogP contribution in [0.1, 0.15) is 36.9 Å². The number of alkyl halides is 3. The van der Waals surface area contributed by atoms with Gasteiger partial charge in [0, 0.05) is 16.2 Å². The molecule has 2 heterocycles. The van der Waals surface area contributed by atoms with Crippen molar-refractivity contribution in [2.75, 3.05) is 12.8 Å². The molecule has 0 saturated carbocycles. The summed E-state index contributed by atoms with van der Waals surface area (Å²) in [6, 6.07) is -0.243. The van der Waals surface area contributed by atoms with E-state index in [4.69, 9.17) is 0 Å². The van der Waals surface area contributed by atoms with Gasteiger partial charge in [-0.15, -0.1) is 0 Å². The van der Waals surface area contributed by atoms with Crippen LogP contribution in [0.25, 0.3) is 0 Å². The average molecular weight is 295 g/mol. The SMILES string of the molecule is CNC(c1cscc1C(F)(F)F)C1(C)CCCS1. The number of rotatable bonds is 3. The second-order valence-corrected chi connectivity index (χ2v) is 7.10. The molecule has 1 aliphatic heterocycles. The first-order valence-electron chi connectivity index (χ1n) is 5.83. The van der Waals surface area contributed by atoms with Crippen molar-refractivity contribution in [1.82, 2.24) is 5.32 Å². The molecule has 0 aliphatic carbocycles. The zero-order valence-corrected chi connectivity index (χ0v) is 11.9. The van der Waals surface area contributed by atoms with Gasteiger partial charge in [0.25, 0.3) is 0 Å². The second-order valence-electron chi connectivity index (χ2n) is 4.72. The minimum Gasteiger partial charge on any atom is -0.312 e. The Balaban J connectivity index is 2.37. The van der Waals surface area contributed by atoms with Crippen molar-refractivity contribution in [3.05, 3.63) is 21.9 Å². The minimum atomic E-state index is -4.26. The Kier molecular flexibility index (Phi) is 3.99. The van der Waals surface area contributed by atoms with E-state index >= 15 is 0 Å². The summed E-state index contributed by atoms with van der Waals surface area (Å²) in [5, 5.41) is 5.93. The number of nitrogens with one attached hydrogen (secondary N) is 1. The summed E-state index contributed by atoms with van der Waals surface area (Å²) < 4.78 is 38.7. The van der Waals surface area contributed by atoms with Crippen LogP contribution in [0.3, 0.4) is 0 Å². The van der Waals surface area contributed by atoms with Crippen LogP contribution in [0.4, 0.5) is 13.2 Å². The van der Waals surface area contributed by atoms with Crippen LogP contribution in [0.15, 0.2) is 10.8 Å². The molecular formula is C12H16F3NS2. The predicted octanol–water partition coefficient (Wildman–Crippen LogP) is 4.31. The molecule has 18 heavy (non-hydrogen) atoms.